The summed E-state index contributed by atoms with van der Waals surface area (Å²) in [6, 6.07) is 4.87. The SMILES string of the molecule is Cc1cc(OCCCC(C)C)ccc1F. The number of hydrogen-bond acceptors (Lipinski definition) is 1. The maximum atomic E-state index is 12.9. The predicted molar refractivity (Wildman–Crippen MR) is 60.7 cm³/mol. The molecule has 15 heavy (non-hydrogen) atoms. The van der Waals surface area contributed by atoms with Crippen LogP contribution >= 0.6 is 0 Å². The van der Waals surface area contributed by atoms with E-state index in [2.05, 4.69) is 13.8 Å². The number of benzene rings is 1. The lowest BCUT2D eigenvalue weighted by atomic mass is 10.1. The lowest BCUT2D eigenvalue weighted by Gasteiger charge is -2.08. The fraction of sp³-hybridized carbons (Fsp3) is 0.538. The van der Waals surface area contributed by atoms with Crippen molar-refractivity contribution in [2.45, 2.75) is 33.6 Å². The molecule has 0 aliphatic heterocycles. The molecule has 0 radical (unpaired) electrons. The van der Waals surface area contributed by atoms with Gasteiger partial charge in [0.2, 0.25) is 0 Å². The molecular formula is C13H19FO. The first-order valence-corrected chi connectivity index (χ1v) is 5.48. The number of rotatable bonds is 5. The van der Waals surface area contributed by atoms with Gasteiger partial charge in [0.25, 0.3) is 0 Å². The van der Waals surface area contributed by atoms with Crippen molar-refractivity contribution in [3.05, 3.63) is 29.6 Å². The number of halogens is 1. The van der Waals surface area contributed by atoms with Gasteiger partial charge in [0.05, 0.1) is 6.61 Å². The first kappa shape index (κ1) is 12.0. The van der Waals surface area contributed by atoms with Crippen molar-refractivity contribution in [2.24, 2.45) is 5.92 Å². The van der Waals surface area contributed by atoms with E-state index in [4.69, 9.17) is 4.74 Å². The summed E-state index contributed by atoms with van der Waals surface area (Å²) < 4.78 is 18.5. The van der Waals surface area contributed by atoms with Crippen LogP contribution < -0.4 is 4.74 Å². The molecule has 0 aliphatic rings. The van der Waals surface area contributed by atoms with Crippen LogP contribution in [0.1, 0.15) is 32.3 Å². The number of ether oxygens (including phenoxy) is 1. The van der Waals surface area contributed by atoms with Gasteiger partial charge in [-0.1, -0.05) is 13.8 Å². The summed E-state index contributed by atoms with van der Waals surface area (Å²) in [5.74, 6) is 1.30. The van der Waals surface area contributed by atoms with Crippen molar-refractivity contribution in [2.75, 3.05) is 6.61 Å². The Labute approximate surface area is 91.3 Å². The Morgan fingerprint density at radius 1 is 1.33 bits per heavy atom. The van der Waals surface area contributed by atoms with Crippen molar-refractivity contribution in [3.8, 4) is 5.75 Å². The van der Waals surface area contributed by atoms with E-state index < -0.39 is 0 Å². The van der Waals surface area contributed by atoms with Crippen LogP contribution in [-0.4, -0.2) is 6.61 Å². The molecular weight excluding hydrogens is 191 g/mol. The standard InChI is InChI=1S/C13H19FO/c1-10(2)5-4-8-15-12-6-7-13(14)11(3)9-12/h6-7,9-10H,4-5,8H2,1-3H3. The second-order valence-electron chi connectivity index (χ2n) is 4.30. The number of hydrogen-bond donors (Lipinski definition) is 0. The average Bonchev–Trinajstić information content (AvgIpc) is 2.18. The molecule has 0 saturated carbocycles. The minimum absolute atomic E-state index is 0.176. The van der Waals surface area contributed by atoms with E-state index >= 15 is 0 Å². The normalized spacial score (nSPS) is 10.7. The molecule has 0 fully saturated rings. The highest BCUT2D eigenvalue weighted by Gasteiger charge is 2.00. The van der Waals surface area contributed by atoms with E-state index in [0.717, 1.165) is 12.2 Å². The van der Waals surface area contributed by atoms with E-state index in [9.17, 15) is 4.39 Å². The summed E-state index contributed by atoms with van der Waals surface area (Å²) in [6.45, 7) is 6.85. The van der Waals surface area contributed by atoms with Gasteiger partial charge in [-0.3, -0.25) is 0 Å². The smallest absolute Gasteiger partial charge is 0.126 e. The Balaban J connectivity index is 2.35. The zero-order chi connectivity index (χ0) is 11.3. The van der Waals surface area contributed by atoms with Crippen LogP contribution in [0.15, 0.2) is 18.2 Å². The predicted octanol–water partition coefficient (Wildman–Crippen LogP) is 3.95. The lowest BCUT2D eigenvalue weighted by Crippen LogP contribution is -2.00. The van der Waals surface area contributed by atoms with Gasteiger partial charge in [0.15, 0.2) is 0 Å². The Hall–Kier alpha value is -1.05. The van der Waals surface area contributed by atoms with Crippen LogP contribution in [0.4, 0.5) is 4.39 Å². The third kappa shape index (κ3) is 4.32. The first-order valence-electron chi connectivity index (χ1n) is 5.48. The van der Waals surface area contributed by atoms with Crippen LogP contribution in [0.2, 0.25) is 0 Å². The summed E-state index contributed by atoms with van der Waals surface area (Å²) in [5.41, 5.74) is 0.636. The summed E-state index contributed by atoms with van der Waals surface area (Å²) in [5, 5.41) is 0. The minimum Gasteiger partial charge on any atom is -0.494 e. The molecule has 0 spiro atoms. The summed E-state index contributed by atoms with van der Waals surface area (Å²) in [4.78, 5) is 0. The Morgan fingerprint density at radius 2 is 2.07 bits per heavy atom. The molecule has 0 amide bonds. The van der Waals surface area contributed by atoms with Crippen molar-refractivity contribution in [1.29, 1.82) is 0 Å². The lowest BCUT2D eigenvalue weighted by molar-refractivity contribution is 0.297. The van der Waals surface area contributed by atoms with Crippen molar-refractivity contribution < 1.29 is 9.13 Å². The zero-order valence-electron chi connectivity index (χ0n) is 9.72. The molecule has 0 unspecified atom stereocenters. The molecule has 1 rings (SSSR count). The van der Waals surface area contributed by atoms with Crippen LogP contribution in [0, 0.1) is 18.7 Å². The van der Waals surface area contributed by atoms with E-state index in [1.165, 1.54) is 12.5 Å². The largest absolute Gasteiger partial charge is 0.494 e. The molecule has 0 atom stereocenters. The van der Waals surface area contributed by atoms with E-state index in [-0.39, 0.29) is 5.82 Å². The molecule has 1 nitrogen and oxygen atoms in total. The van der Waals surface area contributed by atoms with Crippen LogP contribution in [-0.2, 0) is 0 Å². The monoisotopic (exact) mass is 210 g/mol. The summed E-state index contributed by atoms with van der Waals surface area (Å²) in [7, 11) is 0. The van der Waals surface area contributed by atoms with E-state index in [1.807, 2.05) is 0 Å². The first-order chi connectivity index (χ1) is 7.09. The van der Waals surface area contributed by atoms with E-state index in [0.29, 0.717) is 18.1 Å². The van der Waals surface area contributed by atoms with Gasteiger partial charge in [-0.25, -0.2) is 4.39 Å². The van der Waals surface area contributed by atoms with Crippen molar-refractivity contribution in [3.63, 3.8) is 0 Å². The summed E-state index contributed by atoms with van der Waals surface area (Å²) >= 11 is 0. The molecule has 1 aromatic carbocycles. The highest BCUT2D eigenvalue weighted by Crippen LogP contribution is 2.16. The molecule has 84 valence electrons. The van der Waals surface area contributed by atoms with Crippen LogP contribution in [0.25, 0.3) is 0 Å². The van der Waals surface area contributed by atoms with Crippen molar-refractivity contribution >= 4 is 0 Å². The van der Waals surface area contributed by atoms with E-state index in [1.54, 1.807) is 19.1 Å². The van der Waals surface area contributed by atoms with Crippen LogP contribution in [0.5, 0.6) is 5.75 Å². The van der Waals surface area contributed by atoms with Crippen molar-refractivity contribution in [1.82, 2.24) is 0 Å². The third-order valence-electron chi connectivity index (χ3n) is 2.32. The van der Waals surface area contributed by atoms with Gasteiger partial charge in [0.1, 0.15) is 11.6 Å². The maximum Gasteiger partial charge on any atom is 0.126 e. The molecule has 1 aromatic rings. The maximum absolute atomic E-state index is 12.9. The Kier molecular flexibility index (Phi) is 4.60. The van der Waals surface area contributed by atoms with Gasteiger partial charge in [-0.2, -0.15) is 0 Å². The highest BCUT2D eigenvalue weighted by atomic mass is 19.1. The number of aryl methyl sites for hydroxylation is 1. The van der Waals surface area contributed by atoms with Gasteiger partial charge >= 0.3 is 0 Å². The van der Waals surface area contributed by atoms with Gasteiger partial charge < -0.3 is 4.74 Å². The highest BCUT2D eigenvalue weighted by molar-refractivity contribution is 5.28. The third-order valence-corrected chi connectivity index (χ3v) is 2.32. The fourth-order valence-corrected chi connectivity index (χ4v) is 1.39. The van der Waals surface area contributed by atoms with Gasteiger partial charge in [0, 0.05) is 0 Å². The second-order valence-corrected chi connectivity index (χ2v) is 4.30. The average molecular weight is 210 g/mol. The molecule has 0 bridgehead atoms. The summed E-state index contributed by atoms with van der Waals surface area (Å²) in [6.07, 6.45) is 2.22. The molecule has 0 heterocycles. The topological polar surface area (TPSA) is 9.23 Å². The Morgan fingerprint density at radius 3 is 2.67 bits per heavy atom. The van der Waals surface area contributed by atoms with Gasteiger partial charge in [-0.05, 0) is 49.4 Å². The fourth-order valence-electron chi connectivity index (χ4n) is 1.39. The molecule has 0 aromatic heterocycles. The molecule has 0 N–H and O–H groups in total. The molecule has 2 heteroatoms. The van der Waals surface area contributed by atoms with Gasteiger partial charge in [-0.15, -0.1) is 0 Å². The quantitative estimate of drug-likeness (QED) is 0.669. The zero-order valence-corrected chi connectivity index (χ0v) is 9.72. The minimum atomic E-state index is -0.176. The molecule has 0 aliphatic carbocycles. The second kappa shape index (κ2) is 5.74. The molecule has 0 saturated heterocycles. The van der Waals surface area contributed by atoms with Crippen LogP contribution in [0.3, 0.4) is 0 Å². The Bertz CT molecular complexity index is 307.